The van der Waals surface area contributed by atoms with E-state index in [1.54, 1.807) is 23.7 Å². The minimum atomic E-state index is -4.78. The summed E-state index contributed by atoms with van der Waals surface area (Å²) in [6.07, 6.45) is 0.769. The Labute approximate surface area is 100 Å². The van der Waals surface area contributed by atoms with Crippen molar-refractivity contribution in [2.75, 3.05) is 5.48 Å². The molecule has 1 aromatic heterocycles. The maximum absolute atomic E-state index is 11.8. The first kappa shape index (κ1) is 12.3. The van der Waals surface area contributed by atoms with Crippen molar-refractivity contribution in [3.05, 3.63) is 23.8 Å². The molecule has 0 aliphatic heterocycles. The van der Waals surface area contributed by atoms with Gasteiger partial charge in [0.25, 0.3) is 0 Å². The van der Waals surface area contributed by atoms with Crippen LogP contribution < -0.4 is 5.48 Å². The molecule has 94 valence electrons. The van der Waals surface area contributed by atoms with E-state index in [1.807, 2.05) is 0 Å². The SMILES string of the molecule is C#CCc1cccc2[nH]c(NOC(F)(F)F)nc12. The van der Waals surface area contributed by atoms with Gasteiger partial charge in [0.15, 0.2) is 0 Å². The smallest absolute Gasteiger partial charge is 0.322 e. The quantitative estimate of drug-likeness (QED) is 0.654. The molecule has 0 saturated heterocycles. The normalized spacial score (nSPS) is 11.4. The van der Waals surface area contributed by atoms with Crippen LogP contribution in [-0.4, -0.2) is 16.3 Å². The zero-order chi connectivity index (χ0) is 13.2. The highest BCUT2D eigenvalue weighted by Crippen LogP contribution is 2.21. The lowest BCUT2D eigenvalue weighted by atomic mass is 10.1. The van der Waals surface area contributed by atoms with Crippen molar-refractivity contribution >= 4 is 17.0 Å². The van der Waals surface area contributed by atoms with Gasteiger partial charge in [0.1, 0.15) is 0 Å². The summed E-state index contributed by atoms with van der Waals surface area (Å²) in [4.78, 5) is 10.1. The molecule has 0 radical (unpaired) electrons. The number of hydrogen-bond donors (Lipinski definition) is 2. The average Bonchev–Trinajstić information content (AvgIpc) is 2.70. The Morgan fingerprint density at radius 2 is 2.22 bits per heavy atom. The van der Waals surface area contributed by atoms with Crippen LogP contribution in [0.5, 0.6) is 0 Å². The van der Waals surface area contributed by atoms with Crippen LogP contribution in [0, 0.1) is 12.3 Å². The topological polar surface area (TPSA) is 49.9 Å². The van der Waals surface area contributed by atoms with Gasteiger partial charge in [-0.1, -0.05) is 12.1 Å². The molecule has 18 heavy (non-hydrogen) atoms. The highest BCUT2D eigenvalue weighted by atomic mass is 19.4. The Hall–Kier alpha value is -2.20. The molecule has 0 amide bonds. The number of hydrogen-bond acceptors (Lipinski definition) is 3. The second kappa shape index (κ2) is 4.58. The summed E-state index contributed by atoms with van der Waals surface area (Å²) in [5.41, 5.74) is 3.55. The molecule has 0 saturated carbocycles. The highest BCUT2D eigenvalue weighted by molar-refractivity contribution is 5.81. The molecular formula is C11H8F3N3O. The van der Waals surface area contributed by atoms with Gasteiger partial charge in [-0.3, -0.25) is 0 Å². The van der Waals surface area contributed by atoms with Gasteiger partial charge in [-0.05, 0) is 11.6 Å². The fourth-order valence-electron chi connectivity index (χ4n) is 1.50. The molecular weight excluding hydrogens is 247 g/mol. The van der Waals surface area contributed by atoms with Crippen LogP contribution in [0.3, 0.4) is 0 Å². The third kappa shape index (κ3) is 2.73. The predicted molar refractivity (Wildman–Crippen MR) is 59.4 cm³/mol. The fraction of sp³-hybridized carbons (Fsp3) is 0.182. The van der Waals surface area contributed by atoms with Gasteiger partial charge < -0.3 is 4.98 Å². The number of aromatic amines is 1. The lowest BCUT2D eigenvalue weighted by molar-refractivity contribution is -0.312. The summed E-state index contributed by atoms with van der Waals surface area (Å²) >= 11 is 0. The first-order valence-electron chi connectivity index (χ1n) is 4.91. The van der Waals surface area contributed by atoms with Crippen LogP contribution in [0.15, 0.2) is 18.2 Å². The van der Waals surface area contributed by atoms with E-state index in [-0.39, 0.29) is 5.95 Å². The Kier molecular flexibility index (Phi) is 3.12. The Bertz CT molecular complexity index is 598. The first-order valence-corrected chi connectivity index (χ1v) is 4.91. The number of nitrogens with zero attached hydrogens (tertiary/aromatic N) is 1. The molecule has 7 heteroatoms. The zero-order valence-electron chi connectivity index (χ0n) is 9.01. The Balaban J connectivity index is 2.27. The highest BCUT2D eigenvalue weighted by Gasteiger charge is 2.30. The number of terminal acetylenes is 1. The van der Waals surface area contributed by atoms with Crippen molar-refractivity contribution in [2.45, 2.75) is 12.8 Å². The molecule has 1 heterocycles. The van der Waals surface area contributed by atoms with E-state index in [9.17, 15) is 13.2 Å². The second-order valence-electron chi connectivity index (χ2n) is 3.43. The number of aromatic nitrogens is 2. The number of anilines is 1. The zero-order valence-corrected chi connectivity index (χ0v) is 9.01. The van der Waals surface area contributed by atoms with Crippen molar-refractivity contribution in [3.8, 4) is 12.3 Å². The number of alkyl halides is 3. The van der Waals surface area contributed by atoms with E-state index in [0.29, 0.717) is 17.5 Å². The second-order valence-corrected chi connectivity index (χ2v) is 3.43. The monoisotopic (exact) mass is 255 g/mol. The summed E-state index contributed by atoms with van der Waals surface area (Å²) in [6.45, 7) is 0. The molecule has 0 fully saturated rings. The minimum Gasteiger partial charge on any atom is -0.322 e. The molecule has 2 rings (SSSR count). The largest absolute Gasteiger partial charge is 0.543 e. The van der Waals surface area contributed by atoms with E-state index in [2.05, 4.69) is 20.7 Å². The van der Waals surface area contributed by atoms with Gasteiger partial charge in [0.05, 0.1) is 11.0 Å². The summed E-state index contributed by atoms with van der Waals surface area (Å²) in [6, 6.07) is 5.18. The first-order chi connectivity index (χ1) is 8.49. The number of fused-ring (bicyclic) bond motifs is 1. The molecule has 1 aromatic carbocycles. The van der Waals surface area contributed by atoms with Crippen LogP contribution in [0.25, 0.3) is 11.0 Å². The van der Waals surface area contributed by atoms with E-state index in [4.69, 9.17) is 6.42 Å². The summed E-state index contributed by atoms with van der Waals surface area (Å²) in [5.74, 6) is 2.32. The third-order valence-corrected chi connectivity index (χ3v) is 2.15. The van der Waals surface area contributed by atoms with Gasteiger partial charge in [0.2, 0.25) is 5.95 Å². The van der Waals surface area contributed by atoms with Gasteiger partial charge in [0, 0.05) is 6.42 Å². The van der Waals surface area contributed by atoms with Crippen LogP contribution >= 0.6 is 0 Å². The number of imidazole rings is 1. The number of H-pyrrole nitrogens is 1. The van der Waals surface area contributed by atoms with Crippen molar-refractivity contribution in [3.63, 3.8) is 0 Å². The maximum atomic E-state index is 11.8. The summed E-state index contributed by atoms with van der Waals surface area (Å²) < 4.78 is 35.5. The Morgan fingerprint density at radius 1 is 1.44 bits per heavy atom. The molecule has 2 aromatic rings. The summed E-state index contributed by atoms with van der Waals surface area (Å²) in [5, 5.41) is 0. The van der Waals surface area contributed by atoms with Crippen molar-refractivity contribution in [1.82, 2.24) is 9.97 Å². The van der Waals surface area contributed by atoms with Crippen molar-refractivity contribution in [1.29, 1.82) is 0 Å². The van der Waals surface area contributed by atoms with Gasteiger partial charge >= 0.3 is 6.36 Å². The van der Waals surface area contributed by atoms with Crippen molar-refractivity contribution < 1.29 is 18.0 Å². The molecule has 0 aliphatic rings. The standard InChI is InChI=1S/C11H8F3N3O/c1-2-4-7-5-3-6-8-9(7)16-10(15-8)17-18-11(12,13)14/h1,3,5-6H,4H2,(H2,15,16,17). The predicted octanol–water partition coefficient (Wildman–Crippen LogP) is 2.60. The molecule has 0 aliphatic carbocycles. The van der Waals surface area contributed by atoms with E-state index >= 15 is 0 Å². The number of halogens is 3. The Morgan fingerprint density at radius 3 is 2.89 bits per heavy atom. The number of para-hydroxylation sites is 1. The van der Waals surface area contributed by atoms with Crippen LogP contribution in [0.2, 0.25) is 0 Å². The number of rotatable bonds is 3. The molecule has 2 N–H and O–H groups in total. The summed E-state index contributed by atoms with van der Waals surface area (Å²) in [7, 11) is 0. The molecule has 0 spiro atoms. The van der Waals surface area contributed by atoms with E-state index in [1.165, 1.54) is 0 Å². The minimum absolute atomic E-state index is 0.133. The lowest BCUT2D eigenvalue weighted by Crippen LogP contribution is -2.18. The van der Waals surface area contributed by atoms with Crippen LogP contribution in [-0.2, 0) is 11.3 Å². The van der Waals surface area contributed by atoms with Crippen LogP contribution in [0.1, 0.15) is 5.56 Å². The van der Waals surface area contributed by atoms with Gasteiger partial charge in [-0.2, -0.15) is 4.84 Å². The number of benzene rings is 1. The molecule has 0 bridgehead atoms. The number of nitrogens with one attached hydrogen (secondary N) is 2. The van der Waals surface area contributed by atoms with Gasteiger partial charge in [-0.25, -0.2) is 10.5 Å². The lowest BCUT2D eigenvalue weighted by Gasteiger charge is -2.05. The third-order valence-electron chi connectivity index (χ3n) is 2.15. The molecule has 4 nitrogen and oxygen atoms in total. The van der Waals surface area contributed by atoms with E-state index in [0.717, 1.165) is 5.56 Å². The van der Waals surface area contributed by atoms with E-state index < -0.39 is 6.36 Å². The molecule has 0 unspecified atom stereocenters. The van der Waals surface area contributed by atoms with Gasteiger partial charge in [-0.15, -0.1) is 25.5 Å². The average molecular weight is 255 g/mol. The fourth-order valence-corrected chi connectivity index (χ4v) is 1.50. The van der Waals surface area contributed by atoms with Crippen molar-refractivity contribution in [2.24, 2.45) is 0 Å². The molecule has 0 atom stereocenters. The maximum Gasteiger partial charge on any atom is 0.543 e. The van der Waals surface area contributed by atoms with Crippen LogP contribution in [0.4, 0.5) is 19.1 Å².